The van der Waals surface area contributed by atoms with E-state index in [9.17, 15) is 4.79 Å². The van der Waals surface area contributed by atoms with Gasteiger partial charge in [-0.25, -0.2) is 4.98 Å². The van der Waals surface area contributed by atoms with Crippen LogP contribution in [0.1, 0.15) is 17.8 Å². The van der Waals surface area contributed by atoms with Crippen LogP contribution in [0, 0.1) is 0 Å². The molecule has 0 atom stereocenters. The molecule has 3 rings (SSSR count). The van der Waals surface area contributed by atoms with Crippen LogP contribution in [-0.2, 0) is 17.8 Å². The normalized spacial score (nSPS) is 10.4. The summed E-state index contributed by atoms with van der Waals surface area (Å²) in [5, 5.41) is 8.93. The molecule has 0 saturated carbocycles. The number of benzene rings is 2. The van der Waals surface area contributed by atoms with Gasteiger partial charge in [0.05, 0.1) is 17.5 Å². The van der Waals surface area contributed by atoms with Crippen molar-refractivity contribution in [1.29, 1.82) is 0 Å². The van der Waals surface area contributed by atoms with Gasteiger partial charge in [0.1, 0.15) is 5.82 Å². The Labute approximate surface area is 134 Å². The lowest BCUT2D eigenvalue weighted by atomic mass is 10.1. The van der Waals surface area contributed by atoms with Crippen LogP contribution in [-0.4, -0.2) is 20.6 Å². The van der Waals surface area contributed by atoms with E-state index in [-0.39, 0.29) is 18.8 Å². The Morgan fingerprint density at radius 2 is 1.73 bits per heavy atom. The molecular weight excluding hydrogens is 300 g/mol. The number of carbonyl (C=O) groups is 1. The molecule has 0 unspecified atom stereocenters. The third-order valence-electron chi connectivity index (χ3n) is 3.49. The number of aryl methyl sites for hydroxylation is 1. The summed E-state index contributed by atoms with van der Waals surface area (Å²) in [5.41, 5.74) is 3.07. The molecule has 0 aliphatic carbocycles. The minimum atomic E-state index is -0.793. The fourth-order valence-corrected chi connectivity index (χ4v) is 2.50. The topological polar surface area (TPSA) is 55.1 Å². The first-order valence-corrected chi connectivity index (χ1v) is 6.94. The largest absolute Gasteiger partial charge is 0.481 e. The fourth-order valence-electron chi connectivity index (χ4n) is 2.50. The van der Waals surface area contributed by atoms with Crippen LogP contribution in [0.15, 0.2) is 54.6 Å². The maximum atomic E-state index is 10.9. The van der Waals surface area contributed by atoms with Crippen LogP contribution in [0.3, 0.4) is 0 Å². The number of para-hydroxylation sites is 2. The number of aliphatic carboxylic acids is 1. The molecule has 0 bridgehead atoms. The Morgan fingerprint density at radius 1 is 1.05 bits per heavy atom. The molecular formula is C17H17ClN2O2. The summed E-state index contributed by atoms with van der Waals surface area (Å²) >= 11 is 0. The summed E-state index contributed by atoms with van der Waals surface area (Å²) in [4.78, 5) is 15.5. The molecule has 5 heteroatoms. The van der Waals surface area contributed by atoms with E-state index >= 15 is 0 Å². The van der Waals surface area contributed by atoms with E-state index in [0.29, 0.717) is 13.0 Å². The zero-order chi connectivity index (χ0) is 14.7. The molecule has 114 valence electrons. The van der Waals surface area contributed by atoms with Crippen LogP contribution < -0.4 is 0 Å². The Balaban J connectivity index is 0.00000176. The molecule has 0 aliphatic heterocycles. The highest BCUT2D eigenvalue weighted by molar-refractivity contribution is 5.85. The Morgan fingerprint density at radius 3 is 2.45 bits per heavy atom. The number of carboxylic acids is 1. The molecule has 0 radical (unpaired) electrons. The van der Waals surface area contributed by atoms with E-state index in [4.69, 9.17) is 5.11 Å². The number of halogens is 1. The minimum absolute atomic E-state index is 0. The van der Waals surface area contributed by atoms with E-state index in [1.165, 1.54) is 5.56 Å². The van der Waals surface area contributed by atoms with Crippen molar-refractivity contribution in [2.75, 3.05) is 0 Å². The predicted octanol–water partition coefficient (Wildman–Crippen LogP) is 3.52. The second-order valence-corrected chi connectivity index (χ2v) is 4.97. The summed E-state index contributed by atoms with van der Waals surface area (Å²) in [6, 6.07) is 17.9. The van der Waals surface area contributed by atoms with Gasteiger partial charge in [0.2, 0.25) is 0 Å². The van der Waals surface area contributed by atoms with Crippen LogP contribution in [0.4, 0.5) is 0 Å². The van der Waals surface area contributed by atoms with E-state index in [1.807, 2.05) is 47.0 Å². The summed E-state index contributed by atoms with van der Waals surface area (Å²) in [7, 11) is 0. The van der Waals surface area contributed by atoms with Gasteiger partial charge in [-0.15, -0.1) is 12.4 Å². The van der Waals surface area contributed by atoms with Gasteiger partial charge in [-0.1, -0.05) is 42.5 Å². The fraction of sp³-hybridized carbons (Fsp3) is 0.176. The monoisotopic (exact) mass is 316 g/mol. The Hall–Kier alpha value is -2.33. The van der Waals surface area contributed by atoms with Gasteiger partial charge >= 0.3 is 5.97 Å². The van der Waals surface area contributed by atoms with Crippen molar-refractivity contribution in [2.24, 2.45) is 0 Å². The number of carboxylic acid groups (broad SMARTS) is 1. The smallest absolute Gasteiger partial charge is 0.305 e. The van der Waals surface area contributed by atoms with Gasteiger partial charge < -0.3 is 9.67 Å². The van der Waals surface area contributed by atoms with Crippen molar-refractivity contribution in [3.05, 3.63) is 66.0 Å². The van der Waals surface area contributed by atoms with Crippen molar-refractivity contribution in [2.45, 2.75) is 19.4 Å². The summed E-state index contributed by atoms with van der Waals surface area (Å²) in [5.74, 6) is 0.113. The second kappa shape index (κ2) is 7.09. The molecule has 2 aromatic carbocycles. The standard InChI is InChI=1S/C17H16N2O2.ClH/c20-17(21)10-11-19-15-9-5-4-8-14(15)18-16(19)12-13-6-2-1-3-7-13;/h1-9H,10-12H2,(H,20,21);1H. The molecule has 0 amide bonds. The summed E-state index contributed by atoms with van der Waals surface area (Å²) in [6.07, 6.45) is 0.803. The van der Waals surface area contributed by atoms with Crippen molar-refractivity contribution < 1.29 is 9.90 Å². The predicted molar refractivity (Wildman–Crippen MR) is 88.5 cm³/mol. The minimum Gasteiger partial charge on any atom is -0.481 e. The van der Waals surface area contributed by atoms with E-state index in [2.05, 4.69) is 17.1 Å². The number of imidazole rings is 1. The van der Waals surface area contributed by atoms with E-state index in [1.54, 1.807) is 0 Å². The van der Waals surface area contributed by atoms with Gasteiger partial charge in [0.25, 0.3) is 0 Å². The second-order valence-electron chi connectivity index (χ2n) is 4.97. The summed E-state index contributed by atoms with van der Waals surface area (Å²) in [6.45, 7) is 0.442. The SMILES string of the molecule is Cl.O=C(O)CCn1c(Cc2ccccc2)nc2ccccc21. The first kappa shape index (κ1) is 16.0. The van der Waals surface area contributed by atoms with Crippen molar-refractivity contribution >= 4 is 29.4 Å². The third kappa shape index (κ3) is 3.46. The lowest BCUT2D eigenvalue weighted by molar-refractivity contribution is -0.137. The molecule has 22 heavy (non-hydrogen) atoms. The van der Waals surface area contributed by atoms with E-state index < -0.39 is 5.97 Å². The Bertz CT molecular complexity index is 769. The third-order valence-corrected chi connectivity index (χ3v) is 3.49. The number of hydrogen-bond acceptors (Lipinski definition) is 2. The van der Waals surface area contributed by atoms with Gasteiger partial charge in [0, 0.05) is 13.0 Å². The first-order valence-electron chi connectivity index (χ1n) is 6.94. The molecule has 0 fully saturated rings. The highest BCUT2D eigenvalue weighted by Crippen LogP contribution is 2.19. The maximum absolute atomic E-state index is 10.9. The van der Waals surface area contributed by atoms with Gasteiger partial charge in [-0.3, -0.25) is 4.79 Å². The van der Waals surface area contributed by atoms with Gasteiger partial charge in [-0.2, -0.15) is 0 Å². The summed E-state index contributed by atoms with van der Waals surface area (Å²) < 4.78 is 2.01. The average Bonchev–Trinajstić information content (AvgIpc) is 2.83. The lowest BCUT2D eigenvalue weighted by Gasteiger charge is -2.08. The van der Waals surface area contributed by atoms with Crippen LogP contribution in [0.2, 0.25) is 0 Å². The molecule has 1 heterocycles. The molecule has 1 N–H and O–H groups in total. The number of aromatic nitrogens is 2. The lowest BCUT2D eigenvalue weighted by Crippen LogP contribution is -2.08. The van der Waals surface area contributed by atoms with Gasteiger partial charge in [0.15, 0.2) is 0 Å². The first-order chi connectivity index (χ1) is 10.2. The number of hydrogen-bond donors (Lipinski definition) is 1. The van der Waals surface area contributed by atoms with Crippen LogP contribution >= 0.6 is 12.4 Å². The number of nitrogens with zero attached hydrogens (tertiary/aromatic N) is 2. The zero-order valence-corrected chi connectivity index (χ0v) is 12.8. The van der Waals surface area contributed by atoms with Crippen molar-refractivity contribution in [3.63, 3.8) is 0 Å². The quantitative estimate of drug-likeness (QED) is 0.783. The highest BCUT2D eigenvalue weighted by Gasteiger charge is 2.11. The number of fused-ring (bicyclic) bond motifs is 1. The molecule has 0 aliphatic rings. The zero-order valence-electron chi connectivity index (χ0n) is 12.0. The molecule has 4 nitrogen and oxygen atoms in total. The van der Waals surface area contributed by atoms with Crippen LogP contribution in [0.25, 0.3) is 11.0 Å². The van der Waals surface area contributed by atoms with Crippen molar-refractivity contribution in [1.82, 2.24) is 9.55 Å². The highest BCUT2D eigenvalue weighted by atomic mass is 35.5. The molecule has 3 aromatic rings. The maximum Gasteiger partial charge on any atom is 0.305 e. The Kier molecular flexibility index (Phi) is 5.17. The molecule has 0 saturated heterocycles. The molecule has 1 aromatic heterocycles. The van der Waals surface area contributed by atoms with Crippen LogP contribution in [0.5, 0.6) is 0 Å². The molecule has 0 spiro atoms. The average molecular weight is 317 g/mol. The van der Waals surface area contributed by atoms with Gasteiger partial charge in [-0.05, 0) is 17.7 Å². The van der Waals surface area contributed by atoms with E-state index in [0.717, 1.165) is 16.9 Å². The van der Waals surface area contributed by atoms with Crippen molar-refractivity contribution in [3.8, 4) is 0 Å². The number of rotatable bonds is 5.